The number of nitrogens with two attached hydrogens (primary N) is 1. The fourth-order valence-corrected chi connectivity index (χ4v) is 4.14. The number of aryl methyl sites for hydroxylation is 1. The summed E-state index contributed by atoms with van der Waals surface area (Å²) in [5, 5.41) is 9.94. The summed E-state index contributed by atoms with van der Waals surface area (Å²) >= 11 is 0. The molecule has 0 amide bonds. The summed E-state index contributed by atoms with van der Waals surface area (Å²) in [6.45, 7) is 6.86. The molecule has 8 nitrogen and oxygen atoms in total. The number of hydrogen-bond acceptors (Lipinski definition) is 7. The van der Waals surface area contributed by atoms with Crippen LogP contribution in [0.4, 0.5) is 0 Å². The Kier molecular flexibility index (Phi) is 6.55. The van der Waals surface area contributed by atoms with Crippen LogP contribution in [0.2, 0.25) is 0 Å². The first-order valence-corrected chi connectivity index (χ1v) is 11.1. The number of fused-ring (bicyclic) bond motifs is 1. The van der Waals surface area contributed by atoms with E-state index in [0.717, 1.165) is 5.56 Å². The Balaban J connectivity index is 1.91. The van der Waals surface area contributed by atoms with Gasteiger partial charge in [-0.05, 0) is 50.1 Å². The molecule has 34 heavy (non-hydrogen) atoms. The van der Waals surface area contributed by atoms with Crippen LogP contribution >= 0.6 is 0 Å². The Morgan fingerprint density at radius 1 is 1.18 bits per heavy atom. The van der Waals surface area contributed by atoms with Gasteiger partial charge in [-0.25, -0.2) is 0 Å². The van der Waals surface area contributed by atoms with Gasteiger partial charge in [-0.15, -0.1) is 0 Å². The Labute approximate surface area is 197 Å². The number of rotatable bonds is 7. The molecule has 3 heterocycles. The maximum Gasteiger partial charge on any atom is 0.259 e. The normalized spacial score (nSPS) is 14.7. The van der Waals surface area contributed by atoms with Gasteiger partial charge in [0, 0.05) is 24.2 Å². The summed E-state index contributed by atoms with van der Waals surface area (Å²) in [5.41, 5.74) is 8.68. The molecule has 0 bridgehead atoms. The lowest BCUT2D eigenvalue weighted by molar-refractivity contribution is 0.287. The van der Waals surface area contributed by atoms with Crippen molar-refractivity contribution in [3.05, 3.63) is 93.0 Å². The molecular weight excluding hydrogens is 432 g/mol. The summed E-state index contributed by atoms with van der Waals surface area (Å²) in [5.74, 6) is 0.744. The van der Waals surface area contributed by atoms with Gasteiger partial charge in [-0.1, -0.05) is 12.1 Å². The van der Waals surface area contributed by atoms with Gasteiger partial charge in [0.25, 0.3) is 5.56 Å². The molecule has 0 spiro atoms. The standard InChI is InChI=1S/C26H26N4O4/c1-4-32-20-9-8-18(12-21(20)33-5-2)23-19(13-27)25(28)34-22-11-16(3)30(26(31)24(22)23)15-17-7-6-10-29-14-17/h6-12,14,23H,4-5,15,28H2,1-3H3/t23-/m0/s1. The van der Waals surface area contributed by atoms with Gasteiger partial charge >= 0.3 is 0 Å². The molecule has 174 valence electrons. The number of aromatic nitrogens is 2. The van der Waals surface area contributed by atoms with E-state index in [2.05, 4.69) is 11.1 Å². The van der Waals surface area contributed by atoms with E-state index in [1.54, 1.807) is 35.2 Å². The summed E-state index contributed by atoms with van der Waals surface area (Å²) in [6, 6.07) is 13.1. The molecule has 0 saturated heterocycles. The second-order valence-electron chi connectivity index (χ2n) is 7.81. The smallest absolute Gasteiger partial charge is 0.259 e. The van der Waals surface area contributed by atoms with Gasteiger partial charge in [-0.2, -0.15) is 5.26 Å². The summed E-state index contributed by atoms with van der Waals surface area (Å²) in [6.07, 6.45) is 3.41. The Morgan fingerprint density at radius 2 is 1.94 bits per heavy atom. The molecule has 1 aliphatic rings. The van der Waals surface area contributed by atoms with Crippen molar-refractivity contribution in [2.24, 2.45) is 5.73 Å². The van der Waals surface area contributed by atoms with E-state index in [-0.39, 0.29) is 17.0 Å². The molecule has 4 rings (SSSR count). The molecule has 0 fully saturated rings. The first-order chi connectivity index (χ1) is 16.5. The van der Waals surface area contributed by atoms with Crippen molar-refractivity contribution in [1.29, 1.82) is 5.26 Å². The van der Waals surface area contributed by atoms with Crippen molar-refractivity contribution in [3.63, 3.8) is 0 Å². The maximum absolute atomic E-state index is 13.8. The van der Waals surface area contributed by atoms with Crippen LogP contribution in [0.15, 0.2) is 65.0 Å². The second-order valence-corrected chi connectivity index (χ2v) is 7.81. The number of hydrogen-bond donors (Lipinski definition) is 1. The van der Waals surface area contributed by atoms with Gasteiger partial charge in [0.15, 0.2) is 11.5 Å². The predicted molar refractivity (Wildman–Crippen MR) is 127 cm³/mol. The highest BCUT2D eigenvalue weighted by Gasteiger charge is 2.35. The third kappa shape index (κ3) is 4.20. The van der Waals surface area contributed by atoms with E-state index in [0.29, 0.717) is 53.8 Å². The Morgan fingerprint density at radius 3 is 2.62 bits per heavy atom. The highest BCUT2D eigenvalue weighted by Crippen LogP contribution is 2.42. The van der Waals surface area contributed by atoms with Gasteiger partial charge < -0.3 is 24.5 Å². The first-order valence-electron chi connectivity index (χ1n) is 11.1. The molecular formula is C26H26N4O4. The third-order valence-corrected chi connectivity index (χ3v) is 5.65. The molecule has 1 aliphatic heterocycles. The van der Waals surface area contributed by atoms with E-state index < -0.39 is 5.92 Å². The van der Waals surface area contributed by atoms with Crippen LogP contribution in [0.25, 0.3) is 0 Å². The lowest BCUT2D eigenvalue weighted by Crippen LogP contribution is -2.33. The minimum atomic E-state index is -0.711. The van der Waals surface area contributed by atoms with Crippen LogP contribution in [0, 0.1) is 18.3 Å². The number of nitriles is 1. The number of allylic oxidation sites excluding steroid dienone is 1. The van der Waals surface area contributed by atoms with Gasteiger partial charge in [0.2, 0.25) is 5.88 Å². The molecule has 1 aromatic carbocycles. The average molecular weight is 459 g/mol. The molecule has 0 aliphatic carbocycles. The van der Waals surface area contributed by atoms with E-state index in [4.69, 9.17) is 19.9 Å². The van der Waals surface area contributed by atoms with Crippen LogP contribution in [0.3, 0.4) is 0 Å². The number of ether oxygens (including phenoxy) is 3. The second kappa shape index (κ2) is 9.71. The lowest BCUT2D eigenvalue weighted by atomic mass is 9.84. The number of nitrogens with zero attached hydrogens (tertiary/aromatic N) is 3. The molecule has 8 heteroatoms. The van der Waals surface area contributed by atoms with Crippen LogP contribution in [-0.2, 0) is 6.54 Å². The monoisotopic (exact) mass is 458 g/mol. The van der Waals surface area contributed by atoms with Crippen molar-refractivity contribution in [3.8, 4) is 23.3 Å². The number of pyridine rings is 2. The summed E-state index contributed by atoms with van der Waals surface area (Å²) in [4.78, 5) is 17.9. The minimum absolute atomic E-state index is 0.0179. The van der Waals surface area contributed by atoms with Crippen LogP contribution in [0.5, 0.6) is 17.2 Å². The Hall–Kier alpha value is -4.25. The molecule has 0 radical (unpaired) electrons. The van der Waals surface area contributed by atoms with E-state index >= 15 is 0 Å². The quantitative estimate of drug-likeness (QED) is 0.575. The van der Waals surface area contributed by atoms with Crippen molar-refractivity contribution in [1.82, 2.24) is 9.55 Å². The Bertz CT molecular complexity index is 1340. The maximum atomic E-state index is 13.8. The molecule has 0 unspecified atom stereocenters. The first kappa shape index (κ1) is 22.9. The zero-order chi connectivity index (χ0) is 24.2. The predicted octanol–water partition coefficient (Wildman–Crippen LogP) is 3.62. The topological polar surface area (TPSA) is 112 Å². The summed E-state index contributed by atoms with van der Waals surface area (Å²) in [7, 11) is 0. The van der Waals surface area contributed by atoms with E-state index in [1.807, 2.05) is 39.0 Å². The third-order valence-electron chi connectivity index (χ3n) is 5.65. The fraction of sp³-hybridized carbons (Fsp3) is 0.269. The molecule has 2 N–H and O–H groups in total. The number of benzene rings is 1. The summed E-state index contributed by atoms with van der Waals surface area (Å²) < 4.78 is 18.9. The average Bonchev–Trinajstić information content (AvgIpc) is 2.83. The zero-order valence-corrected chi connectivity index (χ0v) is 19.4. The lowest BCUT2D eigenvalue weighted by Gasteiger charge is -2.28. The largest absolute Gasteiger partial charge is 0.490 e. The van der Waals surface area contributed by atoms with Crippen molar-refractivity contribution in [2.75, 3.05) is 13.2 Å². The highest BCUT2D eigenvalue weighted by atomic mass is 16.5. The van der Waals surface area contributed by atoms with E-state index in [9.17, 15) is 10.1 Å². The van der Waals surface area contributed by atoms with Crippen molar-refractivity contribution >= 4 is 0 Å². The highest BCUT2D eigenvalue weighted by molar-refractivity contribution is 5.57. The van der Waals surface area contributed by atoms with Crippen LogP contribution < -0.4 is 25.5 Å². The van der Waals surface area contributed by atoms with Gasteiger partial charge in [0.05, 0.1) is 31.2 Å². The van der Waals surface area contributed by atoms with Crippen molar-refractivity contribution < 1.29 is 14.2 Å². The van der Waals surface area contributed by atoms with Gasteiger partial charge in [0.1, 0.15) is 17.4 Å². The fourth-order valence-electron chi connectivity index (χ4n) is 4.14. The zero-order valence-electron chi connectivity index (χ0n) is 19.4. The molecule has 2 aromatic heterocycles. The van der Waals surface area contributed by atoms with Crippen LogP contribution in [0.1, 0.15) is 42.1 Å². The molecule has 3 aromatic rings. The molecule has 1 atom stereocenters. The van der Waals surface area contributed by atoms with Gasteiger partial charge in [-0.3, -0.25) is 9.78 Å². The van der Waals surface area contributed by atoms with Crippen LogP contribution in [-0.4, -0.2) is 22.8 Å². The minimum Gasteiger partial charge on any atom is -0.490 e. The van der Waals surface area contributed by atoms with Crippen molar-refractivity contribution in [2.45, 2.75) is 33.2 Å². The van der Waals surface area contributed by atoms with E-state index in [1.165, 1.54) is 0 Å². The molecule has 0 saturated carbocycles. The SMILES string of the molecule is CCOc1ccc([C@H]2C(C#N)=C(N)Oc3cc(C)n(Cc4cccnc4)c(=O)c32)cc1OCC.